The zero-order valence-electron chi connectivity index (χ0n) is 13.9. The fraction of sp³-hybridized carbons (Fsp3) is 0.211. The van der Waals surface area contributed by atoms with Gasteiger partial charge in [-0.1, -0.05) is 18.2 Å². The summed E-state index contributed by atoms with van der Waals surface area (Å²) in [5, 5.41) is 7.23. The molecule has 1 aliphatic heterocycles. The number of aromatic nitrogens is 3. The summed E-state index contributed by atoms with van der Waals surface area (Å²) in [7, 11) is 0. The Balaban J connectivity index is 1.43. The number of carbonyl (C=O) groups is 1. The van der Waals surface area contributed by atoms with Crippen LogP contribution in [0, 0.1) is 5.82 Å². The van der Waals surface area contributed by atoms with Crippen molar-refractivity contribution in [3.8, 4) is 0 Å². The highest BCUT2D eigenvalue weighted by Gasteiger charge is 2.24. The fourth-order valence-corrected chi connectivity index (χ4v) is 2.89. The van der Waals surface area contributed by atoms with Gasteiger partial charge in [0.15, 0.2) is 5.69 Å². The first-order valence-corrected chi connectivity index (χ1v) is 8.30. The van der Waals surface area contributed by atoms with Crippen LogP contribution in [0.3, 0.4) is 0 Å². The lowest BCUT2D eigenvalue weighted by Crippen LogP contribution is -2.24. The highest BCUT2D eigenvalue weighted by molar-refractivity contribution is 5.92. The van der Waals surface area contributed by atoms with Gasteiger partial charge in [0.05, 0.1) is 18.8 Å². The summed E-state index contributed by atoms with van der Waals surface area (Å²) in [6.07, 6.45) is 3.18. The zero-order valence-corrected chi connectivity index (χ0v) is 13.9. The van der Waals surface area contributed by atoms with E-state index in [-0.39, 0.29) is 17.8 Å². The van der Waals surface area contributed by atoms with Crippen LogP contribution >= 0.6 is 0 Å². The monoisotopic (exact) mass is 352 g/mol. The van der Waals surface area contributed by atoms with Crippen LogP contribution in [0.15, 0.2) is 54.9 Å². The molecule has 1 aromatic carbocycles. The van der Waals surface area contributed by atoms with Crippen molar-refractivity contribution < 1.29 is 13.9 Å². The summed E-state index contributed by atoms with van der Waals surface area (Å²) in [6.45, 7) is 1.23. The Kier molecular flexibility index (Phi) is 4.45. The Bertz CT molecular complexity index is 909. The molecule has 7 heteroatoms. The third-order valence-corrected chi connectivity index (χ3v) is 4.28. The number of amides is 1. The highest BCUT2D eigenvalue weighted by Crippen LogP contribution is 2.26. The van der Waals surface area contributed by atoms with E-state index in [1.807, 2.05) is 12.1 Å². The SMILES string of the molecule is O=C(NCc1cccnc1)c1cc2n(n1)CC(c1ccc(F)cc1)OC2. The van der Waals surface area contributed by atoms with E-state index >= 15 is 0 Å². The molecule has 2 aromatic heterocycles. The van der Waals surface area contributed by atoms with Crippen LogP contribution in [0.4, 0.5) is 4.39 Å². The van der Waals surface area contributed by atoms with E-state index in [0.717, 1.165) is 16.8 Å². The van der Waals surface area contributed by atoms with Crippen LogP contribution in [0.2, 0.25) is 0 Å². The van der Waals surface area contributed by atoms with Crippen molar-refractivity contribution in [1.29, 1.82) is 0 Å². The Hall–Kier alpha value is -3.06. The Labute approximate surface area is 149 Å². The average molecular weight is 352 g/mol. The minimum absolute atomic E-state index is 0.214. The molecule has 1 unspecified atom stereocenters. The topological polar surface area (TPSA) is 69.0 Å². The van der Waals surface area contributed by atoms with Gasteiger partial charge in [-0.05, 0) is 35.4 Å². The number of hydrogen-bond donors (Lipinski definition) is 1. The van der Waals surface area contributed by atoms with Crippen LogP contribution in [0.1, 0.15) is 33.4 Å². The van der Waals surface area contributed by atoms with Crippen LogP contribution in [-0.2, 0) is 24.4 Å². The second kappa shape index (κ2) is 7.05. The number of nitrogens with zero attached hydrogens (tertiary/aromatic N) is 3. The second-order valence-corrected chi connectivity index (χ2v) is 6.10. The van der Waals surface area contributed by atoms with Crippen molar-refractivity contribution in [3.05, 3.63) is 83.2 Å². The predicted octanol–water partition coefficient (Wildman–Crippen LogP) is 2.62. The van der Waals surface area contributed by atoms with E-state index in [1.165, 1.54) is 12.1 Å². The third kappa shape index (κ3) is 3.48. The molecule has 0 aliphatic carbocycles. The van der Waals surface area contributed by atoms with Crippen molar-refractivity contribution in [2.75, 3.05) is 0 Å². The number of fused-ring (bicyclic) bond motifs is 1. The Morgan fingerprint density at radius 3 is 2.92 bits per heavy atom. The summed E-state index contributed by atoms with van der Waals surface area (Å²) in [6, 6.07) is 11.7. The first-order valence-electron chi connectivity index (χ1n) is 8.30. The molecule has 3 aromatic rings. The van der Waals surface area contributed by atoms with Gasteiger partial charge in [-0.3, -0.25) is 14.5 Å². The Morgan fingerprint density at radius 2 is 2.15 bits per heavy atom. The van der Waals surface area contributed by atoms with Crippen LogP contribution < -0.4 is 5.32 Å². The van der Waals surface area contributed by atoms with Crippen molar-refractivity contribution in [2.24, 2.45) is 0 Å². The molecule has 26 heavy (non-hydrogen) atoms. The van der Waals surface area contributed by atoms with Crippen molar-refractivity contribution in [3.63, 3.8) is 0 Å². The quantitative estimate of drug-likeness (QED) is 0.784. The fourth-order valence-electron chi connectivity index (χ4n) is 2.89. The van der Waals surface area contributed by atoms with E-state index in [2.05, 4.69) is 15.4 Å². The molecule has 0 spiro atoms. The van der Waals surface area contributed by atoms with E-state index in [4.69, 9.17) is 4.74 Å². The second-order valence-electron chi connectivity index (χ2n) is 6.10. The first-order chi connectivity index (χ1) is 12.7. The van der Waals surface area contributed by atoms with Crippen LogP contribution in [0.5, 0.6) is 0 Å². The number of pyridine rings is 1. The van der Waals surface area contributed by atoms with E-state index in [0.29, 0.717) is 25.4 Å². The summed E-state index contributed by atoms with van der Waals surface area (Å²) < 4.78 is 20.7. The summed E-state index contributed by atoms with van der Waals surface area (Å²) in [4.78, 5) is 16.4. The number of ether oxygens (including phenoxy) is 1. The molecule has 0 saturated carbocycles. The molecule has 1 N–H and O–H groups in total. The van der Waals surface area contributed by atoms with Gasteiger partial charge in [0.25, 0.3) is 5.91 Å². The standard InChI is InChI=1S/C19H17FN4O2/c20-15-5-3-14(4-6-15)18-11-24-16(12-26-18)8-17(23-24)19(25)22-10-13-2-1-7-21-9-13/h1-9,18H,10-12H2,(H,22,25). The molecule has 3 heterocycles. The number of nitrogens with one attached hydrogen (secondary N) is 1. The molecule has 132 valence electrons. The van der Waals surface area contributed by atoms with Gasteiger partial charge in [-0.2, -0.15) is 5.10 Å². The van der Waals surface area contributed by atoms with E-state index < -0.39 is 0 Å². The lowest BCUT2D eigenvalue weighted by Gasteiger charge is -2.24. The first kappa shape index (κ1) is 16.4. The Morgan fingerprint density at radius 1 is 1.31 bits per heavy atom. The van der Waals surface area contributed by atoms with Crippen molar-refractivity contribution in [2.45, 2.75) is 25.8 Å². The molecule has 0 bridgehead atoms. The van der Waals surface area contributed by atoms with Crippen LogP contribution in [-0.4, -0.2) is 20.7 Å². The van der Waals surface area contributed by atoms with Gasteiger partial charge < -0.3 is 10.1 Å². The molecule has 0 saturated heterocycles. The largest absolute Gasteiger partial charge is 0.365 e. The number of rotatable bonds is 4. The average Bonchev–Trinajstić information content (AvgIpc) is 3.11. The molecule has 1 aliphatic rings. The van der Waals surface area contributed by atoms with Gasteiger partial charge >= 0.3 is 0 Å². The van der Waals surface area contributed by atoms with E-state index in [1.54, 1.807) is 35.3 Å². The minimum atomic E-state index is -0.281. The van der Waals surface area contributed by atoms with Gasteiger partial charge in [0, 0.05) is 18.9 Å². The number of hydrogen-bond acceptors (Lipinski definition) is 4. The molecule has 1 amide bonds. The van der Waals surface area contributed by atoms with Gasteiger partial charge in [-0.25, -0.2) is 4.39 Å². The van der Waals surface area contributed by atoms with Crippen LogP contribution in [0.25, 0.3) is 0 Å². The number of carbonyl (C=O) groups excluding carboxylic acids is 1. The predicted molar refractivity (Wildman–Crippen MR) is 91.6 cm³/mol. The van der Waals surface area contributed by atoms with Gasteiger partial charge in [0.2, 0.25) is 0 Å². The van der Waals surface area contributed by atoms with E-state index in [9.17, 15) is 9.18 Å². The maximum atomic E-state index is 13.1. The molecular weight excluding hydrogens is 335 g/mol. The zero-order chi connectivity index (χ0) is 17.9. The van der Waals surface area contributed by atoms with Gasteiger partial charge in [0.1, 0.15) is 11.9 Å². The highest BCUT2D eigenvalue weighted by atomic mass is 19.1. The lowest BCUT2D eigenvalue weighted by molar-refractivity contribution is -0.00123. The minimum Gasteiger partial charge on any atom is -0.365 e. The smallest absolute Gasteiger partial charge is 0.272 e. The lowest BCUT2D eigenvalue weighted by atomic mass is 10.1. The normalized spacial score (nSPS) is 16.1. The van der Waals surface area contributed by atoms with Crippen molar-refractivity contribution in [1.82, 2.24) is 20.1 Å². The van der Waals surface area contributed by atoms with Gasteiger partial charge in [-0.15, -0.1) is 0 Å². The molecule has 0 radical (unpaired) electrons. The number of benzene rings is 1. The molecule has 1 atom stereocenters. The molecule has 6 nitrogen and oxygen atoms in total. The maximum Gasteiger partial charge on any atom is 0.272 e. The third-order valence-electron chi connectivity index (χ3n) is 4.28. The summed E-state index contributed by atoms with van der Waals surface area (Å²) in [5.74, 6) is -0.522. The molecule has 4 rings (SSSR count). The summed E-state index contributed by atoms with van der Waals surface area (Å²) >= 11 is 0. The molecule has 0 fully saturated rings. The number of halogens is 1. The summed E-state index contributed by atoms with van der Waals surface area (Å²) in [5.41, 5.74) is 3.00. The van der Waals surface area contributed by atoms with Crippen molar-refractivity contribution >= 4 is 5.91 Å². The molecular formula is C19H17FN4O2. The maximum absolute atomic E-state index is 13.1.